The summed E-state index contributed by atoms with van der Waals surface area (Å²) in [5.41, 5.74) is 0. The van der Waals surface area contributed by atoms with E-state index in [2.05, 4.69) is 25.6 Å². The Morgan fingerprint density at radius 2 is 2.05 bits per heavy atom. The Morgan fingerprint density at radius 3 is 2.70 bits per heavy atom. The Hall–Kier alpha value is -1.64. The van der Waals surface area contributed by atoms with E-state index in [0.29, 0.717) is 24.9 Å². The molecule has 1 aliphatic rings. The number of aromatic nitrogens is 3. The van der Waals surface area contributed by atoms with Crippen LogP contribution in [-0.2, 0) is 9.84 Å². The van der Waals surface area contributed by atoms with Gasteiger partial charge in [-0.3, -0.25) is 0 Å². The molecule has 2 rings (SSSR count). The van der Waals surface area contributed by atoms with Crippen LogP contribution in [0.1, 0.15) is 19.8 Å². The number of rotatable bonds is 5. The van der Waals surface area contributed by atoms with Crippen molar-refractivity contribution < 1.29 is 13.2 Å². The first-order valence-electron chi connectivity index (χ1n) is 6.56. The van der Waals surface area contributed by atoms with Crippen molar-refractivity contribution in [1.82, 2.24) is 15.0 Å². The molecule has 1 unspecified atom stereocenters. The van der Waals surface area contributed by atoms with Crippen LogP contribution in [0.2, 0.25) is 0 Å². The van der Waals surface area contributed by atoms with Gasteiger partial charge in [-0.25, -0.2) is 8.42 Å². The average Bonchev–Trinajstić information content (AvgIpc) is 2.37. The zero-order valence-electron chi connectivity index (χ0n) is 11.6. The molecule has 8 nitrogen and oxygen atoms in total. The molecule has 0 amide bonds. The van der Waals surface area contributed by atoms with Gasteiger partial charge in [0.2, 0.25) is 11.9 Å². The SMILES string of the molecule is CCOc1nc(NC)nc(NC2CCCS(=O)(=O)C2)n1. The second kappa shape index (κ2) is 6.21. The first kappa shape index (κ1) is 14.8. The summed E-state index contributed by atoms with van der Waals surface area (Å²) in [7, 11) is -1.27. The molecule has 20 heavy (non-hydrogen) atoms. The normalized spacial score (nSPS) is 21.2. The van der Waals surface area contributed by atoms with E-state index in [1.807, 2.05) is 6.92 Å². The lowest BCUT2D eigenvalue weighted by atomic mass is 10.2. The van der Waals surface area contributed by atoms with Crippen molar-refractivity contribution in [2.45, 2.75) is 25.8 Å². The van der Waals surface area contributed by atoms with E-state index >= 15 is 0 Å². The quantitative estimate of drug-likeness (QED) is 0.800. The number of anilines is 2. The van der Waals surface area contributed by atoms with Gasteiger partial charge in [-0.15, -0.1) is 0 Å². The highest BCUT2D eigenvalue weighted by Crippen LogP contribution is 2.17. The molecule has 112 valence electrons. The van der Waals surface area contributed by atoms with Crippen molar-refractivity contribution in [1.29, 1.82) is 0 Å². The van der Waals surface area contributed by atoms with E-state index in [1.54, 1.807) is 7.05 Å². The Bertz CT molecular complexity index is 563. The predicted molar refractivity (Wildman–Crippen MR) is 75.8 cm³/mol. The van der Waals surface area contributed by atoms with E-state index in [4.69, 9.17) is 4.74 Å². The molecule has 1 aromatic heterocycles. The van der Waals surface area contributed by atoms with Gasteiger partial charge in [0.05, 0.1) is 18.1 Å². The van der Waals surface area contributed by atoms with Crippen molar-refractivity contribution >= 4 is 21.7 Å². The van der Waals surface area contributed by atoms with Crippen molar-refractivity contribution in [3.05, 3.63) is 0 Å². The smallest absolute Gasteiger partial charge is 0.323 e. The van der Waals surface area contributed by atoms with Gasteiger partial charge in [-0.2, -0.15) is 15.0 Å². The second-order valence-electron chi connectivity index (χ2n) is 4.55. The van der Waals surface area contributed by atoms with E-state index in [-0.39, 0.29) is 23.6 Å². The van der Waals surface area contributed by atoms with Gasteiger partial charge in [0.1, 0.15) is 0 Å². The standard InChI is InChI=1S/C11H19N5O3S/c1-3-19-11-15-9(12-2)14-10(16-11)13-8-5-4-6-20(17,18)7-8/h8H,3-7H2,1-2H3,(H2,12,13,14,15,16). The third kappa shape index (κ3) is 3.92. The number of nitrogens with zero attached hydrogens (tertiary/aromatic N) is 3. The molecule has 9 heteroatoms. The lowest BCUT2D eigenvalue weighted by molar-refractivity contribution is 0.312. The van der Waals surface area contributed by atoms with E-state index < -0.39 is 9.84 Å². The number of hydrogen-bond donors (Lipinski definition) is 2. The van der Waals surface area contributed by atoms with Crippen LogP contribution < -0.4 is 15.4 Å². The maximum absolute atomic E-state index is 11.6. The third-order valence-electron chi connectivity index (χ3n) is 2.91. The Kier molecular flexibility index (Phi) is 4.58. The highest BCUT2D eigenvalue weighted by Gasteiger charge is 2.25. The zero-order chi connectivity index (χ0) is 14.6. The maximum atomic E-state index is 11.6. The monoisotopic (exact) mass is 301 g/mol. The fraction of sp³-hybridized carbons (Fsp3) is 0.727. The summed E-state index contributed by atoms with van der Waals surface area (Å²) in [6.45, 7) is 2.29. The van der Waals surface area contributed by atoms with Crippen LogP contribution in [0.15, 0.2) is 0 Å². The van der Waals surface area contributed by atoms with Gasteiger partial charge in [0.15, 0.2) is 9.84 Å². The van der Waals surface area contributed by atoms with Gasteiger partial charge in [0.25, 0.3) is 0 Å². The molecule has 1 fully saturated rings. The van der Waals surface area contributed by atoms with Gasteiger partial charge < -0.3 is 15.4 Å². The Labute approximate surface area is 118 Å². The fourth-order valence-electron chi connectivity index (χ4n) is 2.05. The Balaban J connectivity index is 2.13. The molecule has 0 saturated carbocycles. The number of nitrogens with one attached hydrogen (secondary N) is 2. The molecule has 1 aromatic rings. The van der Waals surface area contributed by atoms with E-state index in [0.717, 1.165) is 6.42 Å². The van der Waals surface area contributed by atoms with Crippen LogP contribution in [0.4, 0.5) is 11.9 Å². The number of sulfone groups is 1. The van der Waals surface area contributed by atoms with Crippen LogP contribution in [0, 0.1) is 0 Å². The van der Waals surface area contributed by atoms with Gasteiger partial charge in [0, 0.05) is 13.1 Å². The van der Waals surface area contributed by atoms with Crippen molar-refractivity contribution in [3.63, 3.8) is 0 Å². The van der Waals surface area contributed by atoms with Crippen molar-refractivity contribution in [2.75, 3.05) is 35.8 Å². The zero-order valence-corrected chi connectivity index (χ0v) is 12.4. The first-order chi connectivity index (χ1) is 9.52. The van der Waals surface area contributed by atoms with E-state index in [1.165, 1.54) is 0 Å². The highest BCUT2D eigenvalue weighted by molar-refractivity contribution is 7.91. The van der Waals surface area contributed by atoms with Crippen LogP contribution >= 0.6 is 0 Å². The molecule has 0 bridgehead atoms. The number of ether oxygens (including phenoxy) is 1. The number of hydrogen-bond acceptors (Lipinski definition) is 8. The second-order valence-corrected chi connectivity index (χ2v) is 6.77. The molecule has 2 N–H and O–H groups in total. The molecule has 0 spiro atoms. The maximum Gasteiger partial charge on any atom is 0.323 e. The predicted octanol–water partition coefficient (Wildman–Crippen LogP) is 0.301. The van der Waals surface area contributed by atoms with Crippen molar-refractivity contribution in [3.8, 4) is 6.01 Å². The first-order valence-corrected chi connectivity index (χ1v) is 8.38. The molecule has 1 atom stereocenters. The molecular weight excluding hydrogens is 282 g/mol. The fourth-order valence-corrected chi connectivity index (χ4v) is 3.68. The molecule has 2 heterocycles. The molecule has 0 radical (unpaired) electrons. The molecule has 0 aliphatic carbocycles. The van der Waals surface area contributed by atoms with Crippen molar-refractivity contribution in [2.24, 2.45) is 0 Å². The molecule has 0 aromatic carbocycles. The topological polar surface area (TPSA) is 106 Å². The summed E-state index contributed by atoms with van der Waals surface area (Å²) in [5.74, 6) is 1.07. The lowest BCUT2D eigenvalue weighted by Crippen LogP contribution is -2.35. The third-order valence-corrected chi connectivity index (χ3v) is 4.73. The van der Waals surface area contributed by atoms with Gasteiger partial charge in [-0.05, 0) is 19.8 Å². The molecule has 1 aliphatic heterocycles. The van der Waals surface area contributed by atoms with Gasteiger partial charge >= 0.3 is 6.01 Å². The highest BCUT2D eigenvalue weighted by atomic mass is 32.2. The minimum absolute atomic E-state index is 0.109. The average molecular weight is 301 g/mol. The van der Waals surface area contributed by atoms with Crippen LogP contribution in [-0.4, -0.2) is 54.6 Å². The summed E-state index contributed by atoms with van der Waals surface area (Å²) in [6, 6.07) is 0.0448. The minimum atomic E-state index is -2.97. The van der Waals surface area contributed by atoms with Crippen LogP contribution in [0.3, 0.4) is 0 Å². The minimum Gasteiger partial charge on any atom is -0.464 e. The Morgan fingerprint density at radius 1 is 1.30 bits per heavy atom. The van der Waals surface area contributed by atoms with Gasteiger partial charge in [-0.1, -0.05) is 0 Å². The molecule has 1 saturated heterocycles. The summed E-state index contributed by atoms with van der Waals surface area (Å²) in [5, 5.41) is 5.87. The summed E-state index contributed by atoms with van der Waals surface area (Å²) >= 11 is 0. The summed E-state index contributed by atoms with van der Waals surface area (Å²) in [6.07, 6.45) is 1.44. The van der Waals surface area contributed by atoms with Crippen LogP contribution in [0.25, 0.3) is 0 Å². The summed E-state index contributed by atoms with van der Waals surface area (Å²) in [4.78, 5) is 12.3. The van der Waals surface area contributed by atoms with Crippen LogP contribution in [0.5, 0.6) is 6.01 Å². The molecular formula is C11H19N5O3S. The van der Waals surface area contributed by atoms with E-state index in [9.17, 15) is 8.42 Å². The largest absolute Gasteiger partial charge is 0.464 e. The summed E-state index contributed by atoms with van der Waals surface area (Å²) < 4.78 is 28.5. The lowest BCUT2D eigenvalue weighted by Gasteiger charge is -2.23.